The van der Waals surface area contributed by atoms with Gasteiger partial charge in [0.05, 0.1) is 6.61 Å². The predicted octanol–water partition coefficient (Wildman–Crippen LogP) is 3.17. The molecule has 0 aliphatic heterocycles. The minimum Gasteiger partial charge on any atom is -0.445 e. The summed E-state index contributed by atoms with van der Waals surface area (Å²) in [6.45, 7) is 15.1. The van der Waals surface area contributed by atoms with Crippen molar-refractivity contribution >= 4 is 6.29 Å². The second-order valence-electron chi connectivity index (χ2n) is 5.53. The van der Waals surface area contributed by atoms with E-state index in [1.807, 2.05) is 13.8 Å². The fraction of sp³-hybridized carbons (Fsp3) is 0.750. The number of hydrogen-bond acceptors (Lipinski definition) is 5. The SMILES string of the molecule is CC.CNCCO.Cc1oc(C(C)C(C)(C)C)nc1C=O. The van der Waals surface area contributed by atoms with E-state index in [-0.39, 0.29) is 17.9 Å². The van der Waals surface area contributed by atoms with Gasteiger partial charge in [-0.2, -0.15) is 0 Å². The van der Waals surface area contributed by atoms with Crippen LogP contribution in [0.4, 0.5) is 0 Å². The Morgan fingerprint density at radius 2 is 1.90 bits per heavy atom. The third-order valence-corrected chi connectivity index (χ3v) is 2.99. The van der Waals surface area contributed by atoms with Crippen molar-refractivity contribution in [2.45, 2.75) is 54.4 Å². The number of hydrogen-bond donors (Lipinski definition) is 2. The highest BCUT2D eigenvalue weighted by molar-refractivity contribution is 5.72. The maximum absolute atomic E-state index is 10.6. The summed E-state index contributed by atoms with van der Waals surface area (Å²) in [6, 6.07) is 0. The zero-order valence-corrected chi connectivity index (χ0v) is 14.8. The number of nitrogens with zero attached hydrogens (tertiary/aromatic N) is 1. The molecule has 1 atom stereocenters. The van der Waals surface area contributed by atoms with Crippen molar-refractivity contribution < 1.29 is 14.3 Å². The van der Waals surface area contributed by atoms with Crippen molar-refractivity contribution in [3.63, 3.8) is 0 Å². The Bertz CT molecular complexity index is 379. The lowest BCUT2D eigenvalue weighted by Gasteiger charge is -2.24. The number of oxazole rings is 1. The van der Waals surface area contributed by atoms with E-state index >= 15 is 0 Å². The normalized spacial score (nSPS) is 11.7. The maximum Gasteiger partial charge on any atom is 0.198 e. The fourth-order valence-electron chi connectivity index (χ4n) is 1.21. The molecule has 0 bridgehead atoms. The number of aliphatic hydroxyl groups excluding tert-OH is 1. The molecular weight excluding hydrogens is 268 g/mol. The highest BCUT2D eigenvalue weighted by Gasteiger charge is 2.26. The zero-order chi connectivity index (χ0) is 17.1. The minimum atomic E-state index is 0.0947. The first-order valence-corrected chi connectivity index (χ1v) is 7.45. The van der Waals surface area contributed by atoms with Crippen LogP contribution in [-0.2, 0) is 0 Å². The Hall–Kier alpha value is -1.20. The molecule has 1 unspecified atom stereocenters. The highest BCUT2D eigenvalue weighted by Crippen LogP contribution is 2.34. The number of aromatic nitrogens is 1. The molecule has 2 N–H and O–H groups in total. The number of carbonyl (C=O) groups excluding carboxylic acids is 1. The van der Waals surface area contributed by atoms with Crippen molar-refractivity contribution in [2.24, 2.45) is 5.41 Å². The average molecular weight is 300 g/mol. The van der Waals surface area contributed by atoms with E-state index in [4.69, 9.17) is 9.52 Å². The monoisotopic (exact) mass is 300 g/mol. The molecule has 1 heterocycles. The Balaban J connectivity index is 0. The smallest absolute Gasteiger partial charge is 0.198 e. The van der Waals surface area contributed by atoms with Gasteiger partial charge in [0.15, 0.2) is 12.2 Å². The van der Waals surface area contributed by atoms with Crippen LogP contribution in [-0.4, -0.2) is 36.6 Å². The third-order valence-electron chi connectivity index (χ3n) is 2.99. The summed E-state index contributed by atoms with van der Waals surface area (Å²) in [5, 5.41) is 10.8. The summed E-state index contributed by atoms with van der Waals surface area (Å²) in [6.07, 6.45) is 0.734. The van der Waals surface area contributed by atoms with Crippen LogP contribution >= 0.6 is 0 Å². The number of likely N-dealkylation sites (N-methyl/N-ethyl adjacent to an activating group) is 1. The van der Waals surface area contributed by atoms with Crippen LogP contribution in [0, 0.1) is 12.3 Å². The van der Waals surface area contributed by atoms with Gasteiger partial charge in [-0.15, -0.1) is 0 Å². The average Bonchev–Trinajstić information content (AvgIpc) is 2.82. The summed E-state index contributed by atoms with van der Waals surface area (Å²) >= 11 is 0. The Kier molecular flexibility index (Phi) is 12.1. The molecule has 5 heteroatoms. The number of carbonyl (C=O) groups is 1. The summed E-state index contributed by atoms with van der Waals surface area (Å²) in [5.41, 5.74) is 0.508. The standard InChI is InChI=1S/C11H17NO2.C3H9NO.C2H6/c1-7(11(3,4)5)10-12-9(6-13)8(2)14-10;1-4-2-3-5;1-2/h6-7H,1-5H3;4-5H,2-3H2,1H3;1-2H3. The van der Waals surface area contributed by atoms with Crippen LogP contribution < -0.4 is 5.32 Å². The molecule has 21 heavy (non-hydrogen) atoms. The van der Waals surface area contributed by atoms with E-state index in [1.54, 1.807) is 14.0 Å². The van der Waals surface area contributed by atoms with Crippen molar-refractivity contribution in [1.29, 1.82) is 0 Å². The molecule has 5 nitrogen and oxygen atoms in total. The second-order valence-corrected chi connectivity index (χ2v) is 5.53. The van der Waals surface area contributed by atoms with Gasteiger partial charge in [0.25, 0.3) is 0 Å². The van der Waals surface area contributed by atoms with Gasteiger partial charge in [-0.05, 0) is 19.4 Å². The van der Waals surface area contributed by atoms with Crippen LogP contribution in [0.1, 0.15) is 69.6 Å². The quantitative estimate of drug-likeness (QED) is 0.835. The van der Waals surface area contributed by atoms with E-state index in [0.29, 0.717) is 23.9 Å². The largest absolute Gasteiger partial charge is 0.445 e. The summed E-state index contributed by atoms with van der Waals surface area (Å²) in [7, 11) is 1.80. The topological polar surface area (TPSA) is 75.4 Å². The van der Waals surface area contributed by atoms with E-state index in [0.717, 1.165) is 6.29 Å². The number of aliphatic hydroxyl groups is 1. The van der Waals surface area contributed by atoms with Gasteiger partial charge in [-0.1, -0.05) is 41.5 Å². The molecule has 0 aliphatic rings. The first-order chi connectivity index (χ1) is 9.77. The molecule has 0 saturated heterocycles. The molecule has 0 fully saturated rings. The lowest BCUT2D eigenvalue weighted by molar-refractivity contribution is 0.111. The lowest BCUT2D eigenvalue weighted by atomic mass is 9.82. The molecule has 1 rings (SSSR count). The number of rotatable bonds is 4. The van der Waals surface area contributed by atoms with Crippen molar-refractivity contribution in [1.82, 2.24) is 10.3 Å². The van der Waals surface area contributed by atoms with Crippen LogP contribution in [0.3, 0.4) is 0 Å². The Morgan fingerprint density at radius 1 is 1.38 bits per heavy atom. The molecule has 1 aromatic rings. The summed E-state index contributed by atoms with van der Waals surface area (Å²) < 4.78 is 5.45. The van der Waals surface area contributed by atoms with Gasteiger partial charge in [0.1, 0.15) is 11.5 Å². The van der Waals surface area contributed by atoms with Crippen LogP contribution in [0.15, 0.2) is 4.42 Å². The van der Waals surface area contributed by atoms with E-state index in [9.17, 15) is 4.79 Å². The van der Waals surface area contributed by atoms with Crippen molar-refractivity contribution in [3.05, 3.63) is 17.3 Å². The summed E-state index contributed by atoms with van der Waals surface area (Å²) in [4.78, 5) is 14.8. The first-order valence-electron chi connectivity index (χ1n) is 7.45. The van der Waals surface area contributed by atoms with Crippen LogP contribution in [0.2, 0.25) is 0 Å². The molecule has 0 aliphatic carbocycles. The second kappa shape index (κ2) is 11.5. The highest BCUT2D eigenvalue weighted by atomic mass is 16.4. The van der Waals surface area contributed by atoms with Crippen LogP contribution in [0.5, 0.6) is 0 Å². The van der Waals surface area contributed by atoms with Crippen LogP contribution in [0.25, 0.3) is 0 Å². The van der Waals surface area contributed by atoms with Gasteiger partial charge in [0.2, 0.25) is 0 Å². The molecule has 0 saturated carbocycles. The summed E-state index contributed by atoms with van der Waals surface area (Å²) in [5.74, 6) is 1.46. The van der Waals surface area contributed by atoms with Gasteiger partial charge in [-0.25, -0.2) is 4.98 Å². The number of aldehydes is 1. The molecule has 1 aromatic heterocycles. The fourth-order valence-corrected chi connectivity index (χ4v) is 1.21. The van der Waals surface area contributed by atoms with Gasteiger partial charge in [-0.3, -0.25) is 4.79 Å². The van der Waals surface area contributed by atoms with E-state index in [1.165, 1.54) is 0 Å². The van der Waals surface area contributed by atoms with Gasteiger partial charge in [0, 0.05) is 12.5 Å². The molecule has 0 radical (unpaired) electrons. The van der Waals surface area contributed by atoms with Gasteiger partial charge < -0.3 is 14.8 Å². The maximum atomic E-state index is 10.6. The molecule has 0 spiro atoms. The van der Waals surface area contributed by atoms with Crippen molar-refractivity contribution in [2.75, 3.05) is 20.2 Å². The van der Waals surface area contributed by atoms with Gasteiger partial charge >= 0.3 is 0 Å². The van der Waals surface area contributed by atoms with Crippen molar-refractivity contribution in [3.8, 4) is 0 Å². The number of nitrogens with one attached hydrogen (secondary N) is 1. The zero-order valence-electron chi connectivity index (χ0n) is 14.8. The number of aryl methyl sites for hydroxylation is 1. The molecule has 124 valence electrons. The molecule has 0 aromatic carbocycles. The Morgan fingerprint density at radius 3 is 2.14 bits per heavy atom. The molecule has 0 amide bonds. The Labute approximate surface area is 129 Å². The predicted molar refractivity (Wildman–Crippen MR) is 86.9 cm³/mol. The van der Waals surface area contributed by atoms with E-state index in [2.05, 4.69) is 38.0 Å². The lowest BCUT2D eigenvalue weighted by Crippen LogP contribution is -2.15. The first kappa shape index (κ1) is 22.1. The molecular formula is C16H32N2O3. The van der Waals surface area contributed by atoms with E-state index < -0.39 is 0 Å². The third kappa shape index (κ3) is 8.63. The minimum absolute atomic E-state index is 0.0947.